The van der Waals surface area contributed by atoms with Crippen LogP contribution in [0.25, 0.3) is 0 Å². The summed E-state index contributed by atoms with van der Waals surface area (Å²) in [4.78, 5) is 10.7. The standard InChI is InChI=1S/C10H10F2O3/c1-2-15-9(10(13)14)7-4-3-6(11)5-8(7)12/h3-5,9H,2H2,1H3,(H,13,14). The van der Waals surface area contributed by atoms with Gasteiger partial charge in [-0.15, -0.1) is 0 Å². The largest absolute Gasteiger partial charge is 0.479 e. The van der Waals surface area contributed by atoms with Crippen LogP contribution in [0, 0.1) is 11.6 Å². The fourth-order valence-electron chi connectivity index (χ4n) is 1.17. The Kier molecular flexibility index (Phi) is 3.74. The van der Waals surface area contributed by atoms with Crippen molar-refractivity contribution >= 4 is 5.97 Å². The second-order valence-electron chi connectivity index (χ2n) is 2.84. The number of carbonyl (C=O) groups is 1. The van der Waals surface area contributed by atoms with E-state index in [1.807, 2.05) is 0 Å². The van der Waals surface area contributed by atoms with E-state index in [9.17, 15) is 13.6 Å². The van der Waals surface area contributed by atoms with Crippen LogP contribution in [0.4, 0.5) is 8.78 Å². The second kappa shape index (κ2) is 4.84. The molecule has 0 radical (unpaired) electrons. The van der Waals surface area contributed by atoms with E-state index < -0.39 is 23.7 Å². The lowest BCUT2D eigenvalue weighted by Crippen LogP contribution is -2.16. The first-order valence-corrected chi connectivity index (χ1v) is 4.35. The maximum absolute atomic E-state index is 13.2. The number of halogens is 2. The molecule has 1 N–H and O–H groups in total. The SMILES string of the molecule is CCOC(C(=O)O)c1ccc(F)cc1F. The van der Waals surface area contributed by atoms with Gasteiger partial charge in [0.15, 0.2) is 6.10 Å². The smallest absolute Gasteiger partial charge is 0.337 e. The zero-order valence-corrected chi connectivity index (χ0v) is 8.04. The highest BCUT2D eigenvalue weighted by molar-refractivity contribution is 5.74. The fraction of sp³-hybridized carbons (Fsp3) is 0.300. The summed E-state index contributed by atoms with van der Waals surface area (Å²) in [6.45, 7) is 1.73. The number of benzene rings is 1. The molecule has 1 unspecified atom stereocenters. The van der Waals surface area contributed by atoms with Gasteiger partial charge in [-0.1, -0.05) is 0 Å². The number of aliphatic carboxylic acids is 1. The molecule has 1 atom stereocenters. The third-order valence-corrected chi connectivity index (χ3v) is 1.80. The van der Waals surface area contributed by atoms with E-state index in [-0.39, 0.29) is 12.2 Å². The summed E-state index contributed by atoms with van der Waals surface area (Å²) in [5, 5.41) is 8.77. The van der Waals surface area contributed by atoms with Crippen LogP contribution >= 0.6 is 0 Å². The van der Waals surface area contributed by atoms with Crippen molar-refractivity contribution in [2.24, 2.45) is 0 Å². The highest BCUT2D eigenvalue weighted by atomic mass is 19.1. The summed E-state index contributed by atoms with van der Waals surface area (Å²) in [6, 6.07) is 2.69. The van der Waals surface area contributed by atoms with Crippen molar-refractivity contribution in [3.05, 3.63) is 35.4 Å². The highest BCUT2D eigenvalue weighted by Crippen LogP contribution is 2.21. The van der Waals surface area contributed by atoms with Gasteiger partial charge >= 0.3 is 5.97 Å². The lowest BCUT2D eigenvalue weighted by molar-refractivity contribution is -0.150. The maximum atomic E-state index is 13.2. The molecule has 0 aromatic heterocycles. The molecule has 0 amide bonds. The van der Waals surface area contributed by atoms with Gasteiger partial charge in [0.1, 0.15) is 11.6 Å². The van der Waals surface area contributed by atoms with E-state index >= 15 is 0 Å². The molecule has 0 fully saturated rings. The van der Waals surface area contributed by atoms with Gasteiger partial charge in [0.2, 0.25) is 0 Å². The average Bonchev–Trinajstić information content (AvgIpc) is 2.15. The molecule has 1 rings (SSSR count). The van der Waals surface area contributed by atoms with Crippen LogP contribution < -0.4 is 0 Å². The molecule has 0 heterocycles. The van der Waals surface area contributed by atoms with Gasteiger partial charge in [-0.25, -0.2) is 13.6 Å². The lowest BCUT2D eigenvalue weighted by atomic mass is 10.1. The normalized spacial score (nSPS) is 12.5. The van der Waals surface area contributed by atoms with Crippen LogP contribution in [0.3, 0.4) is 0 Å². The molecule has 5 heteroatoms. The van der Waals surface area contributed by atoms with Gasteiger partial charge < -0.3 is 9.84 Å². The van der Waals surface area contributed by atoms with Crippen LogP contribution in [-0.4, -0.2) is 17.7 Å². The second-order valence-corrected chi connectivity index (χ2v) is 2.84. The van der Waals surface area contributed by atoms with E-state index in [0.29, 0.717) is 6.07 Å². The Morgan fingerprint density at radius 1 is 1.53 bits per heavy atom. The Balaban J connectivity index is 3.05. The zero-order chi connectivity index (χ0) is 11.4. The monoisotopic (exact) mass is 216 g/mol. The van der Waals surface area contributed by atoms with Gasteiger partial charge in [-0.3, -0.25) is 0 Å². The lowest BCUT2D eigenvalue weighted by Gasteiger charge is -2.13. The Bertz CT molecular complexity index is 366. The van der Waals surface area contributed by atoms with Crippen LogP contribution in [0.1, 0.15) is 18.6 Å². The Hall–Kier alpha value is -1.49. The van der Waals surface area contributed by atoms with E-state index in [4.69, 9.17) is 9.84 Å². The van der Waals surface area contributed by atoms with E-state index in [1.165, 1.54) is 0 Å². The van der Waals surface area contributed by atoms with Gasteiger partial charge in [0, 0.05) is 18.2 Å². The molecule has 0 aliphatic rings. The van der Waals surface area contributed by atoms with Crippen molar-refractivity contribution in [3.63, 3.8) is 0 Å². The van der Waals surface area contributed by atoms with Crippen molar-refractivity contribution in [2.45, 2.75) is 13.0 Å². The van der Waals surface area contributed by atoms with Crippen molar-refractivity contribution in [1.82, 2.24) is 0 Å². The molecule has 0 saturated carbocycles. The van der Waals surface area contributed by atoms with Gasteiger partial charge in [-0.05, 0) is 19.1 Å². The number of hydrogen-bond acceptors (Lipinski definition) is 2. The predicted octanol–water partition coefficient (Wildman–Crippen LogP) is 2.13. The maximum Gasteiger partial charge on any atom is 0.337 e. The van der Waals surface area contributed by atoms with E-state index in [0.717, 1.165) is 12.1 Å². The first-order valence-electron chi connectivity index (χ1n) is 4.35. The quantitative estimate of drug-likeness (QED) is 0.838. The first-order chi connectivity index (χ1) is 7.06. The third-order valence-electron chi connectivity index (χ3n) is 1.80. The Morgan fingerprint density at radius 2 is 2.20 bits per heavy atom. The molecule has 0 bridgehead atoms. The molecule has 0 saturated heterocycles. The average molecular weight is 216 g/mol. The van der Waals surface area contributed by atoms with Crippen LogP contribution in [0.15, 0.2) is 18.2 Å². The van der Waals surface area contributed by atoms with Gasteiger partial charge in [0.25, 0.3) is 0 Å². The molecule has 0 aliphatic carbocycles. The fourth-order valence-corrected chi connectivity index (χ4v) is 1.17. The van der Waals surface area contributed by atoms with E-state index in [2.05, 4.69) is 0 Å². The van der Waals surface area contributed by atoms with Gasteiger partial charge in [-0.2, -0.15) is 0 Å². The number of carboxylic acids is 1. The third kappa shape index (κ3) is 2.73. The molecule has 3 nitrogen and oxygen atoms in total. The number of ether oxygens (including phenoxy) is 1. The minimum absolute atomic E-state index is 0.133. The van der Waals surface area contributed by atoms with Crippen LogP contribution in [-0.2, 0) is 9.53 Å². The molecule has 0 spiro atoms. The Morgan fingerprint density at radius 3 is 2.67 bits per heavy atom. The van der Waals surface area contributed by atoms with Gasteiger partial charge in [0.05, 0.1) is 0 Å². The summed E-state index contributed by atoms with van der Waals surface area (Å²) in [5.74, 6) is -2.98. The predicted molar refractivity (Wildman–Crippen MR) is 48.4 cm³/mol. The van der Waals surface area contributed by atoms with Crippen molar-refractivity contribution in [2.75, 3.05) is 6.61 Å². The summed E-state index contributed by atoms with van der Waals surface area (Å²) >= 11 is 0. The summed E-state index contributed by atoms with van der Waals surface area (Å²) in [5.41, 5.74) is -0.175. The topological polar surface area (TPSA) is 46.5 Å². The minimum atomic E-state index is -1.39. The molecule has 1 aromatic carbocycles. The van der Waals surface area contributed by atoms with Crippen LogP contribution in [0.2, 0.25) is 0 Å². The molecular weight excluding hydrogens is 206 g/mol. The van der Waals surface area contributed by atoms with Crippen molar-refractivity contribution in [1.29, 1.82) is 0 Å². The van der Waals surface area contributed by atoms with Crippen molar-refractivity contribution < 1.29 is 23.4 Å². The summed E-state index contributed by atoms with van der Waals surface area (Å²) in [6.07, 6.45) is -1.39. The Labute approximate surface area is 85.3 Å². The molecular formula is C10H10F2O3. The highest BCUT2D eigenvalue weighted by Gasteiger charge is 2.23. The number of carboxylic acid groups (broad SMARTS) is 1. The van der Waals surface area contributed by atoms with Crippen LogP contribution in [0.5, 0.6) is 0 Å². The summed E-state index contributed by atoms with van der Waals surface area (Å²) in [7, 11) is 0. The summed E-state index contributed by atoms with van der Waals surface area (Å²) < 4.78 is 30.6. The molecule has 15 heavy (non-hydrogen) atoms. The molecule has 1 aromatic rings. The van der Waals surface area contributed by atoms with E-state index in [1.54, 1.807) is 6.92 Å². The minimum Gasteiger partial charge on any atom is -0.479 e. The number of rotatable bonds is 4. The molecule has 0 aliphatic heterocycles. The molecule has 82 valence electrons. The number of hydrogen-bond donors (Lipinski definition) is 1. The first kappa shape index (κ1) is 11.6. The zero-order valence-electron chi connectivity index (χ0n) is 8.04. The van der Waals surface area contributed by atoms with Crippen molar-refractivity contribution in [3.8, 4) is 0 Å².